The van der Waals surface area contributed by atoms with E-state index in [0.29, 0.717) is 10.2 Å². The van der Waals surface area contributed by atoms with E-state index < -0.39 is 38.7 Å². The van der Waals surface area contributed by atoms with Crippen LogP contribution in [0.3, 0.4) is 0 Å². The van der Waals surface area contributed by atoms with Gasteiger partial charge in [0.1, 0.15) is 17.2 Å². The smallest absolute Gasteiger partial charge is 0.436 e. The minimum absolute atomic E-state index is 0.0131. The Labute approximate surface area is 174 Å². The number of hydrogen-bond donors (Lipinski definition) is 1. The minimum Gasteiger partial charge on any atom is -0.480 e. The summed E-state index contributed by atoms with van der Waals surface area (Å²) in [5.41, 5.74) is -1.08. The molecule has 0 spiro atoms. The average Bonchev–Trinajstić information content (AvgIpc) is 3.18. The molecule has 8 nitrogen and oxygen atoms in total. The average molecular weight is 511 g/mol. The first kappa shape index (κ1) is 21.4. The molecular weight excluding hydrogens is 501 g/mol. The van der Waals surface area contributed by atoms with Gasteiger partial charge in [0.05, 0.1) is 9.37 Å². The lowest BCUT2D eigenvalue weighted by Gasteiger charge is -2.01. The van der Waals surface area contributed by atoms with Crippen molar-refractivity contribution in [2.24, 2.45) is 0 Å². The summed E-state index contributed by atoms with van der Waals surface area (Å²) in [6.45, 7) is -0.817. The molecule has 0 fully saturated rings. The molecule has 0 atom stereocenters. The van der Waals surface area contributed by atoms with Crippen molar-refractivity contribution < 1.29 is 31.5 Å². The van der Waals surface area contributed by atoms with Gasteiger partial charge in [0, 0.05) is 11.8 Å². The van der Waals surface area contributed by atoms with Gasteiger partial charge in [-0.1, -0.05) is 23.5 Å². The van der Waals surface area contributed by atoms with Gasteiger partial charge >= 0.3 is 12.1 Å². The third-order valence-corrected chi connectivity index (χ3v) is 6.43. The standard InChI is InChI=1S/C15H10BrF3N4O4S2/c1-29(26,27)8-4-2-3-7(5-8)13-20-21-14(28-13)11-10(16)12(15(17,18)19)22-23(11)6-9(24)25/h2-5H,6H2,1H3,(H,24,25). The lowest BCUT2D eigenvalue weighted by molar-refractivity contribution is -0.143. The highest BCUT2D eigenvalue weighted by molar-refractivity contribution is 9.10. The van der Waals surface area contributed by atoms with Crippen molar-refractivity contribution in [1.82, 2.24) is 20.0 Å². The number of benzene rings is 1. The van der Waals surface area contributed by atoms with E-state index in [1.165, 1.54) is 18.2 Å². The van der Waals surface area contributed by atoms with Gasteiger partial charge in [0.15, 0.2) is 20.5 Å². The van der Waals surface area contributed by atoms with Crippen molar-refractivity contribution in [3.63, 3.8) is 0 Å². The molecule has 3 aromatic rings. The summed E-state index contributed by atoms with van der Waals surface area (Å²) in [5, 5.41) is 20.3. The zero-order valence-electron chi connectivity index (χ0n) is 14.3. The maximum atomic E-state index is 13.2. The fourth-order valence-corrected chi connectivity index (χ4v) is 4.75. The normalized spacial score (nSPS) is 12.3. The van der Waals surface area contributed by atoms with E-state index in [1.807, 2.05) is 0 Å². The first-order chi connectivity index (χ1) is 13.4. The highest BCUT2D eigenvalue weighted by atomic mass is 79.9. The molecule has 0 amide bonds. The number of sulfone groups is 1. The Morgan fingerprint density at radius 1 is 1.28 bits per heavy atom. The van der Waals surface area contributed by atoms with Crippen LogP contribution in [0.5, 0.6) is 0 Å². The lowest BCUT2D eigenvalue weighted by atomic mass is 10.2. The van der Waals surface area contributed by atoms with Gasteiger partial charge in [0.25, 0.3) is 0 Å². The Bertz CT molecular complexity index is 1200. The summed E-state index contributed by atoms with van der Waals surface area (Å²) >= 11 is 3.70. The van der Waals surface area contributed by atoms with Crippen LogP contribution in [0.15, 0.2) is 33.6 Å². The quantitative estimate of drug-likeness (QED) is 0.559. The summed E-state index contributed by atoms with van der Waals surface area (Å²) in [6.07, 6.45) is -3.77. The van der Waals surface area contributed by atoms with Crippen LogP contribution in [0.1, 0.15) is 5.69 Å². The van der Waals surface area contributed by atoms with Crippen molar-refractivity contribution in [3.8, 4) is 21.3 Å². The number of halogens is 4. The van der Waals surface area contributed by atoms with E-state index in [9.17, 15) is 26.4 Å². The highest BCUT2D eigenvalue weighted by Crippen LogP contribution is 2.41. The van der Waals surface area contributed by atoms with Gasteiger partial charge in [0.2, 0.25) is 0 Å². The van der Waals surface area contributed by atoms with Crippen molar-refractivity contribution in [2.45, 2.75) is 17.6 Å². The molecule has 29 heavy (non-hydrogen) atoms. The monoisotopic (exact) mass is 510 g/mol. The molecule has 154 valence electrons. The number of rotatable bonds is 5. The Morgan fingerprint density at radius 3 is 2.52 bits per heavy atom. The predicted molar refractivity (Wildman–Crippen MR) is 100 cm³/mol. The SMILES string of the molecule is CS(=O)(=O)c1cccc(-c2nnc(-c3c(Br)c(C(F)(F)F)nn3CC(=O)O)s2)c1. The summed E-state index contributed by atoms with van der Waals surface area (Å²) in [6, 6.07) is 5.84. The lowest BCUT2D eigenvalue weighted by Crippen LogP contribution is -2.13. The molecule has 2 heterocycles. The molecule has 1 aromatic carbocycles. The van der Waals surface area contributed by atoms with E-state index in [4.69, 9.17) is 5.11 Å². The molecule has 0 unspecified atom stereocenters. The number of carboxylic acid groups (broad SMARTS) is 1. The molecule has 0 aliphatic rings. The molecule has 0 saturated carbocycles. The molecule has 0 aliphatic carbocycles. The van der Waals surface area contributed by atoms with Crippen LogP contribution in [0.2, 0.25) is 0 Å². The first-order valence-electron chi connectivity index (χ1n) is 7.57. The summed E-state index contributed by atoms with van der Waals surface area (Å²) < 4.78 is 63.2. The maximum absolute atomic E-state index is 13.2. The van der Waals surface area contributed by atoms with Crippen LogP contribution in [-0.2, 0) is 27.4 Å². The van der Waals surface area contributed by atoms with Crippen LogP contribution in [0.25, 0.3) is 21.3 Å². The van der Waals surface area contributed by atoms with E-state index in [2.05, 4.69) is 31.2 Å². The number of hydrogen-bond acceptors (Lipinski definition) is 7. The summed E-state index contributed by atoms with van der Waals surface area (Å²) in [5.74, 6) is -1.39. The molecule has 0 aliphatic heterocycles. The fraction of sp³-hybridized carbons (Fsp3) is 0.200. The fourth-order valence-electron chi connectivity index (χ4n) is 2.36. The molecule has 0 radical (unpaired) electrons. The second-order valence-corrected chi connectivity index (χ2v) is 9.56. The largest absolute Gasteiger partial charge is 0.480 e. The van der Waals surface area contributed by atoms with Crippen LogP contribution < -0.4 is 0 Å². The van der Waals surface area contributed by atoms with Gasteiger partial charge in [-0.25, -0.2) is 13.1 Å². The first-order valence-corrected chi connectivity index (χ1v) is 11.1. The Morgan fingerprint density at radius 2 is 1.93 bits per heavy atom. The number of carboxylic acids is 1. The second-order valence-electron chi connectivity index (χ2n) is 5.77. The van der Waals surface area contributed by atoms with Crippen LogP contribution >= 0.6 is 27.3 Å². The minimum atomic E-state index is -4.81. The third-order valence-electron chi connectivity index (χ3n) is 3.58. The van der Waals surface area contributed by atoms with Gasteiger partial charge in [-0.05, 0) is 28.1 Å². The van der Waals surface area contributed by atoms with Gasteiger partial charge in [-0.2, -0.15) is 18.3 Å². The van der Waals surface area contributed by atoms with E-state index >= 15 is 0 Å². The molecular formula is C15H10BrF3N4O4S2. The van der Waals surface area contributed by atoms with E-state index in [1.54, 1.807) is 6.07 Å². The zero-order chi connectivity index (χ0) is 21.6. The molecule has 3 rings (SSSR count). The molecule has 1 N–H and O–H groups in total. The van der Waals surface area contributed by atoms with Crippen LogP contribution in [-0.4, -0.2) is 45.7 Å². The Kier molecular flexibility index (Phi) is 5.53. The van der Waals surface area contributed by atoms with E-state index in [-0.39, 0.29) is 20.6 Å². The number of aliphatic carboxylic acids is 1. The Hall–Kier alpha value is -2.32. The molecule has 0 saturated heterocycles. The second kappa shape index (κ2) is 7.50. The topological polar surface area (TPSA) is 115 Å². The highest BCUT2D eigenvalue weighted by Gasteiger charge is 2.39. The van der Waals surface area contributed by atoms with Crippen molar-refractivity contribution >= 4 is 43.1 Å². The van der Waals surface area contributed by atoms with Crippen LogP contribution in [0.4, 0.5) is 13.2 Å². The maximum Gasteiger partial charge on any atom is 0.436 e. The number of nitrogens with zero attached hydrogens (tertiary/aromatic N) is 4. The van der Waals surface area contributed by atoms with Crippen LogP contribution in [0, 0.1) is 0 Å². The zero-order valence-corrected chi connectivity index (χ0v) is 17.5. The Balaban J connectivity index is 2.11. The van der Waals surface area contributed by atoms with Gasteiger partial charge in [-0.3, -0.25) is 4.79 Å². The van der Waals surface area contributed by atoms with Crippen molar-refractivity contribution in [2.75, 3.05) is 6.26 Å². The van der Waals surface area contributed by atoms with Crippen molar-refractivity contribution in [3.05, 3.63) is 34.4 Å². The predicted octanol–water partition coefficient (Wildman–Crippen LogP) is 3.34. The number of alkyl halides is 3. The molecule has 14 heteroatoms. The molecule has 2 aromatic heterocycles. The van der Waals surface area contributed by atoms with Crippen molar-refractivity contribution in [1.29, 1.82) is 0 Å². The summed E-state index contributed by atoms with van der Waals surface area (Å²) in [4.78, 5) is 11.1. The van der Waals surface area contributed by atoms with Gasteiger partial charge < -0.3 is 5.11 Å². The summed E-state index contributed by atoms with van der Waals surface area (Å²) in [7, 11) is -3.47. The number of carbonyl (C=O) groups is 1. The molecule has 0 bridgehead atoms. The number of aromatic nitrogens is 4. The third kappa shape index (κ3) is 4.48. The van der Waals surface area contributed by atoms with E-state index in [0.717, 1.165) is 17.6 Å². The van der Waals surface area contributed by atoms with Gasteiger partial charge in [-0.15, -0.1) is 10.2 Å².